The monoisotopic (exact) mass is 215 g/mol. The second-order valence-electron chi connectivity index (χ2n) is 4.89. The highest BCUT2D eigenvalue weighted by Crippen LogP contribution is 2.19. The van der Waals surface area contributed by atoms with Crippen molar-refractivity contribution in [2.24, 2.45) is 5.92 Å². The van der Waals surface area contributed by atoms with Crippen molar-refractivity contribution in [3.8, 4) is 0 Å². The van der Waals surface area contributed by atoms with Crippen LogP contribution in [0.5, 0.6) is 0 Å². The fourth-order valence-corrected chi connectivity index (χ4v) is 2.04. The molecule has 0 aliphatic carbocycles. The van der Waals surface area contributed by atoms with Crippen LogP contribution in [0, 0.1) is 5.92 Å². The molecule has 0 bridgehead atoms. The molecule has 1 rings (SSSR count). The first-order chi connectivity index (χ1) is 6.92. The number of aliphatic hydroxyl groups is 1. The van der Waals surface area contributed by atoms with E-state index in [-0.39, 0.29) is 11.9 Å². The molecule has 0 aromatic rings. The van der Waals surface area contributed by atoms with E-state index in [1.807, 2.05) is 0 Å². The molecule has 0 radical (unpaired) electrons. The third kappa shape index (κ3) is 4.18. The molecule has 1 N–H and O–H groups in total. The standard InChI is InChI=1S/C11H21NO3/c1-11(2,14)8-12-6-4-9(5-7-12)10(13)15-3/h9,14H,4-8H2,1-3H3. The number of nitrogens with zero attached hydrogens (tertiary/aromatic N) is 1. The smallest absolute Gasteiger partial charge is 0.308 e. The van der Waals surface area contributed by atoms with Gasteiger partial charge in [-0.1, -0.05) is 0 Å². The lowest BCUT2D eigenvalue weighted by molar-refractivity contribution is -0.147. The molecule has 0 saturated carbocycles. The van der Waals surface area contributed by atoms with Gasteiger partial charge in [0, 0.05) is 6.54 Å². The number of piperidine rings is 1. The minimum atomic E-state index is -0.655. The number of carbonyl (C=O) groups excluding carboxylic acids is 1. The average Bonchev–Trinajstić information content (AvgIpc) is 2.15. The number of carbonyl (C=O) groups is 1. The summed E-state index contributed by atoms with van der Waals surface area (Å²) in [6, 6.07) is 0. The van der Waals surface area contributed by atoms with Crippen molar-refractivity contribution < 1.29 is 14.6 Å². The zero-order valence-electron chi connectivity index (χ0n) is 9.82. The van der Waals surface area contributed by atoms with Gasteiger partial charge in [0.1, 0.15) is 0 Å². The Balaban J connectivity index is 2.33. The first kappa shape index (κ1) is 12.5. The molecule has 0 spiro atoms. The summed E-state index contributed by atoms with van der Waals surface area (Å²) >= 11 is 0. The van der Waals surface area contributed by atoms with Crippen molar-refractivity contribution in [1.82, 2.24) is 4.90 Å². The van der Waals surface area contributed by atoms with Crippen LogP contribution in [0.3, 0.4) is 0 Å². The minimum Gasteiger partial charge on any atom is -0.469 e. The summed E-state index contributed by atoms with van der Waals surface area (Å²) in [4.78, 5) is 13.5. The van der Waals surface area contributed by atoms with E-state index in [1.165, 1.54) is 7.11 Å². The fraction of sp³-hybridized carbons (Fsp3) is 0.909. The Bertz CT molecular complexity index is 214. The lowest BCUT2D eigenvalue weighted by Crippen LogP contribution is -2.44. The third-order valence-corrected chi connectivity index (χ3v) is 2.73. The van der Waals surface area contributed by atoms with Gasteiger partial charge >= 0.3 is 5.97 Å². The van der Waals surface area contributed by atoms with Crippen LogP contribution in [0.1, 0.15) is 26.7 Å². The van der Waals surface area contributed by atoms with Crippen molar-refractivity contribution in [3.63, 3.8) is 0 Å². The number of hydrogen-bond donors (Lipinski definition) is 1. The van der Waals surface area contributed by atoms with Crippen LogP contribution in [-0.4, -0.2) is 48.3 Å². The molecular formula is C11H21NO3. The van der Waals surface area contributed by atoms with Crippen molar-refractivity contribution in [1.29, 1.82) is 0 Å². The number of ether oxygens (including phenoxy) is 1. The average molecular weight is 215 g/mol. The quantitative estimate of drug-likeness (QED) is 0.702. The van der Waals surface area contributed by atoms with Crippen LogP contribution in [0.25, 0.3) is 0 Å². The highest BCUT2D eigenvalue weighted by Gasteiger charge is 2.27. The maximum absolute atomic E-state index is 11.3. The van der Waals surface area contributed by atoms with E-state index < -0.39 is 5.60 Å². The summed E-state index contributed by atoms with van der Waals surface area (Å²) in [6.45, 7) is 6.01. The van der Waals surface area contributed by atoms with Gasteiger partial charge in [0.05, 0.1) is 18.6 Å². The number of β-amino-alcohol motifs (C(OH)–C–C–N with tert-alkyl or cyclic N) is 1. The van der Waals surface area contributed by atoms with Crippen LogP contribution in [0.4, 0.5) is 0 Å². The van der Waals surface area contributed by atoms with Crippen LogP contribution in [-0.2, 0) is 9.53 Å². The number of likely N-dealkylation sites (tertiary alicyclic amines) is 1. The molecule has 4 nitrogen and oxygen atoms in total. The topological polar surface area (TPSA) is 49.8 Å². The molecular weight excluding hydrogens is 194 g/mol. The molecule has 4 heteroatoms. The highest BCUT2D eigenvalue weighted by atomic mass is 16.5. The number of rotatable bonds is 3. The largest absolute Gasteiger partial charge is 0.469 e. The second kappa shape index (κ2) is 4.94. The van der Waals surface area contributed by atoms with E-state index in [1.54, 1.807) is 13.8 Å². The molecule has 0 aromatic heterocycles. The lowest BCUT2D eigenvalue weighted by atomic mass is 9.96. The molecule has 1 fully saturated rings. The Morgan fingerprint density at radius 2 is 2.00 bits per heavy atom. The number of esters is 1. The Morgan fingerprint density at radius 3 is 2.40 bits per heavy atom. The van der Waals surface area contributed by atoms with Gasteiger partial charge in [-0.2, -0.15) is 0 Å². The third-order valence-electron chi connectivity index (χ3n) is 2.73. The number of hydrogen-bond acceptors (Lipinski definition) is 4. The molecule has 0 unspecified atom stereocenters. The SMILES string of the molecule is COC(=O)C1CCN(CC(C)(C)O)CC1. The van der Waals surface area contributed by atoms with Gasteiger partial charge in [-0.15, -0.1) is 0 Å². The van der Waals surface area contributed by atoms with Crippen molar-refractivity contribution in [2.45, 2.75) is 32.3 Å². The summed E-state index contributed by atoms with van der Waals surface area (Å²) in [7, 11) is 1.44. The molecule has 0 amide bonds. The van der Waals surface area contributed by atoms with E-state index >= 15 is 0 Å². The predicted octanol–water partition coefficient (Wildman–Crippen LogP) is 0.642. The lowest BCUT2D eigenvalue weighted by Gasteiger charge is -2.34. The summed E-state index contributed by atoms with van der Waals surface area (Å²) in [5.74, 6) is -0.0500. The van der Waals surface area contributed by atoms with Gasteiger partial charge in [-0.05, 0) is 39.8 Å². The van der Waals surface area contributed by atoms with Crippen LogP contribution >= 0.6 is 0 Å². The molecule has 1 aliphatic rings. The van der Waals surface area contributed by atoms with E-state index in [0.717, 1.165) is 25.9 Å². The van der Waals surface area contributed by atoms with Gasteiger partial charge in [-0.25, -0.2) is 0 Å². The molecule has 0 aromatic carbocycles. The molecule has 15 heavy (non-hydrogen) atoms. The summed E-state index contributed by atoms with van der Waals surface area (Å²) in [5, 5.41) is 9.66. The minimum absolute atomic E-state index is 0.0491. The molecule has 1 aliphatic heterocycles. The maximum Gasteiger partial charge on any atom is 0.308 e. The van der Waals surface area contributed by atoms with Gasteiger partial charge in [0.25, 0.3) is 0 Å². The summed E-state index contributed by atoms with van der Waals surface area (Å²) < 4.78 is 4.72. The van der Waals surface area contributed by atoms with Gasteiger partial charge < -0.3 is 14.7 Å². The van der Waals surface area contributed by atoms with Crippen molar-refractivity contribution in [3.05, 3.63) is 0 Å². The van der Waals surface area contributed by atoms with Crippen LogP contribution < -0.4 is 0 Å². The molecule has 88 valence electrons. The van der Waals surface area contributed by atoms with Gasteiger partial charge in [0.15, 0.2) is 0 Å². The maximum atomic E-state index is 11.3. The Labute approximate surface area is 91.2 Å². The summed E-state index contributed by atoms with van der Waals surface area (Å²) in [5.41, 5.74) is -0.655. The van der Waals surface area contributed by atoms with E-state index in [0.29, 0.717) is 6.54 Å². The zero-order valence-corrected chi connectivity index (χ0v) is 9.82. The van der Waals surface area contributed by atoms with Crippen molar-refractivity contribution in [2.75, 3.05) is 26.7 Å². The fourth-order valence-electron chi connectivity index (χ4n) is 2.04. The van der Waals surface area contributed by atoms with E-state index in [4.69, 9.17) is 4.74 Å². The Kier molecular flexibility index (Phi) is 4.11. The summed E-state index contributed by atoms with van der Waals surface area (Å²) in [6.07, 6.45) is 1.67. The van der Waals surface area contributed by atoms with Gasteiger partial charge in [-0.3, -0.25) is 4.79 Å². The van der Waals surface area contributed by atoms with Crippen LogP contribution in [0.2, 0.25) is 0 Å². The highest BCUT2D eigenvalue weighted by molar-refractivity contribution is 5.72. The Morgan fingerprint density at radius 1 is 1.47 bits per heavy atom. The van der Waals surface area contributed by atoms with Crippen molar-refractivity contribution >= 4 is 5.97 Å². The molecule has 1 saturated heterocycles. The second-order valence-corrected chi connectivity index (χ2v) is 4.89. The van der Waals surface area contributed by atoms with Crippen LogP contribution in [0.15, 0.2) is 0 Å². The molecule has 0 atom stereocenters. The van der Waals surface area contributed by atoms with E-state index in [2.05, 4.69) is 4.90 Å². The first-order valence-electron chi connectivity index (χ1n) is 5.45. The Hall–Kier alpha value is -0.610. The normalized spacial score (nSPS) is 20.3. The van der Waals surface area contributed by atoms with E-state index in [9.17, 15) is 9.90 Å². The zero-order chi connectivity index (χ0) is 11.5. The number of methoxy groups -OCH3 is 1. The predicted molar refractivity (Wildman–Crippen MR) is 57.5 cm³/mol. The first-order valence-corrected chi connectivity index (χ1v) is 5.45. The molecule has 1 heterocycles. The van der Waals surface area contributed by atoms with Gasteiger partial charge in [0.2, 0.25) is 0 Å².